The van der Waals surface area contributed by atoms with Gasteiger partial charge in [0, 0.05) is 16.6 Å². The Hall–Kier alpha value is -2.48. The summed E-state index contributed by atoms with van der Waals surface area (Å²) in [6.45, 7) is 0.175. The number of nitrogens with zero attached hydrogens (tertiary/aromatic N) is 4. The lowest BCUT2D eigenvalue weighted by atomic mass is 10.2. The maximum absolute atomic E-state index is 8.95. The highest BCUT2D eigenvalue weighted by molar-refractivity contribution is 6.30. The van der Waals surface area contributed by atoms with Crippen LogP contribution >= 0.6 is 11.6 Å². The molecule has 7 nitrogen and oxygen atoms in total. The average Bonchev–Trinajstić information content (AvgIpc) is 3.06. The summed E-state index contributed by atoms with van der Waals surface area (Å²) < 4.78 is 5.73. The fourth-order valence-electron chi connectivity index (χ4n) is 2.01. The van der Waals surface area contributed by atoms with E-state index in [-0.39, 0.29) is 6.61 Å². The van der Waals surface area contributed by atoms with Gasteiger partial charge in [-0.15, -0.1) is 10.2 Å². The van der Waals surface area contributed by atoms with Crippen molar-refractivity contribution in [1.29, 1.82) is 0 Å². The molecule has 1 unspecified atom stereocenters. The molecule has 0 fully saturated rings. The van der Waals surface area contributed by atoms with Gasteiger partial charge in [0.1, 0.15) is 11.5 Å². The van der Waals surface area contributed by atoms with Gasteiger partial charge in [-0.05, 0) is 53.7 Å². The highest BCUT2D eigenvalue weighted by Crippen LogP contribution is 2.25. The van der Waals surface area contributed by atoms with Crippen molar-refractivity contribution in [2.45, 2.75) is 12.6 Å². The van der Waals surface area contributed by atoms with Gasteiger partial charge in [0.25, 0.3) is 0 Å². The molecule has 2 aromatic carbocycles. The summed E-state index contributed by atoms with van der Waals surface area (Å²) in [5.74, 6) is 1.88. The molecule has 0 radical (unpaired) electrons. The van der Waals surface area contributed by atoms with Crippen molar-refractivity contribution in [1.82, 2.24) is 20.2 Å². The third-order valence-corrected chi connectivity index (χ3v) is 3.50. The van der Waals surface area contributed by atoms with E-state index >= 15 is 0 Å². The van der Waals surface area contributed by atoms with Crippen LogP contribution in [0.5, 0.6) is 11.5 Å². The summed E-state index contributed by atoms with van der Waals surface area (Å²) in [7, 11) is 0. The highest BCUT2D eigenvalue weighted by atomic mass is 35.5. The Labute approximate surface area is 143 Å². The predicted molar refractivity (Wildman–Crippen MR) is 89.8 cm³/mol. The lowest BCUT2D eigenvalue weighted by Gasteiger charge is -2.06. The van der Waals surface area contributed by atoms with E-state index in [2.05, 4.69) is 15.4 Å². The molecule has 0 saturated heterocycles. The van der Waals surface area contributed by atoms with Crippen LogP contribution in [0.1, 0.15) is 0 Å². The van der Waals surface area contributed by atoms with Crippen LogP contribution in [0.4, 0.5) is 0 Å². The molecule has 0 aliphatic rings. The molecule has 3 N–H and O–H groups in total. The summed E-state index contributed by atoms with van der Waals surface area (Å²) in [5.41, 5.74) is 6.46. The topological polar surface area (TPSA) is 99.1 Å². The van der Waals surface area contributed by atoms with Crippen molar-refractivity contribution in [3.05, 3.63) is 53.6 Å². The van der Waals surface area contributed by atoms with Gasteiger partial charge >= 0.3 is 0 Å². The number of benzene rings is 2. The van der Waals surface area contributed by atoms with Crippen molar-refractivity contribution >= 4 is 11.6 Å². The zero-order valence-electron chi connectivity index (χ0n) is 12.7. The molecule has 1 atom stereocenters. The molecule has 0 bridgehead atoms. The molecule has 0 aliphatic heterocycles. The minimum absolute atomic E-state index is 0.131. The van der Waals surface area contributed by atoms with Crippen molar-refractivity contribution in [3.8, 4) is 22.9 Å². The molecule has 1 heterocycles. The van der Waals surface area contributed by atoms with Gasteiger partial charge in [-0.25, -0.2) is 0 Å². The van der Waals surface area contributed by atoms with E-state index in [0.29, 0.717) is 28.9 Å². The van der Waals surface area contributed by atoms with Crippen LogP contribution in [0.15, 0.2) is 48.5 Å². The van der Waals surface area contributed by atoms with E-state index in [1.807, 2.05) is 24.3 Å². The smallest absolute Gasteiger partial charge is 0.204 e. The van der Waals surface area contributed by atoms with Crippen LogP contribution in [0.25, 0.3) is 11.4 Å². The predicted octanol–water partition coefficient (Wildman–Crippen LogP) is 2.11. The first-order valence-electron chi connectivity index (χ1n) is 7.32. The average molecular weight is 346 g/mol. The number of aliphatic hydroxyl groups excluding tert-OH is 1. The summed E-state index contributed by atoms with van der Waals surface area (Å²) in [4.78, 5) is 1.37. The van der Waals surface area contributed by atoms with Crippen molar-refractivity contribution in [3.63, 3.8) is 0 Å². The molecule has 3 rings (SSSR count). The number of rotatable bonds is 6. The lowest BCUT2D eigenvalue weighted by molar-refractivity contribution is 0.245. The summed E-state index contributed by atoms with van der Waals surface area (Å²) in [6.07, 6.45) is 0. The van der Waals surface area contributed by atoms with Crippen LogP contribution < -0.4 is 10.5 Å². The van der Waals surface area contributed by atoms with E-state index in [0.717, 1.165) is 5.56 Å². The maximum Gasteiger partial charge on any atom is 0.204 e. The first kappa shape index (κ1) is 16.4. The summed E-state index contributed by atoms with van der Waals surface area (Å²) in [6, 6.07) is 14.1. The molecule has 0 spiro atoms. The van der Waals surface area contributed by atoms with Gasteiger partial charge in [0.15, 0.2) is 0 Å². The molecule has 0 amide bonds. The quantitative estimate of drug-likeness (QED) is 0.709. The molecule has 24 heavy (non-hydrogen) atoms. The zero-order valence-corrected chi connectivity index (χ0v) is 13.5. The van der Waals surface area contributed by atoms with E-state index in [4.69, 9.17) is 27.2 Å². The second kappa shape index (κ2) is 7.39. The molecule has 124 valence electrons. The maximum atomic E-state index is 8.95. The Kier molecular flexibility index (Phi) is 5.05. The Morgan fingerprint density at radius 1 is 1.08 bits per heavy atom. The SMILES string of the molecule is NC(CO)Cn1nnc(-c2ccc(Oc3ccc(Cl)cc3)cc2)n1. The normalized spacial score (nSPS) is 12.1. The van der Waals surface area contributed by atoms with Crippen LogP contribution in [-0.4, -0.2) is 38.0 Å². The molecule has 0 aliphatic carbocycles. The van der Waals surface area contributed by atoms with Crippen LogP contribution in [-0.2, 0) is 6.54 Å². The fraction of sp³-hybridized carbons (Fsp3) is 0.188. The number of tetrazole rings is 1. The van der Waals surface area contributed by atoms with Crippen LogP contribution in [0, 0.1) is 0 Å². The highest BCUT2D eigenvalue weighted by Gasteiger charge is 2.09. The Balaban J connectivity index is 1.69. The van der Waals surface area contributed by atoms with E-state index < -0.39 is 6.04 Å². The lowest BCUT2D eigenvalue weighted by Crippen LogP contribution is -2.30. The third-order valence-electron chi connectivity index (χ3n) is 3.25. The van der Waals surface area contributed by atoms with Gasteiger partial charge in [0.2, 0.25) is 5.82 Å². The minimum atomic E-state index is -0.415. The van der Waals surface area contributed by atoms with Gasteiger partial charge in [-0.3, -0.25) is 0 Å². The molecular weight excluding hydrogens is 330 g/mol. The van der Waals surface area contributed by atoms with Crippen LogP contribution in [0.3, 0.4) is 0 Å². The van der Waals surface area contributed by atoms with Crippen molar-refractivity contribution in [2.24, 2.45) is 5.73 Å². The number of ether oxygens (including phenoxy) is 1. The van der Waals surface area contributed by atoms with Crippen molar-refractivity contribution < 1.29 is 9.84 Å². The molecule has 1 aromatic heterocycles. The number of aromatic nitrogens is 4. The first-order valence-corrected chi connectivity index (χ1v) is 7.70. The van der Waals surface area contributed by atoms with Gasteiger partial charge < -0.3 is 15.6 Å². The molecule has 0 saturated carbocycles. The summed E-state index contributed by atoms with van der Waals surface area (Å²) >= 11 is 5.85. The van der Waals surface area contributed by atoms with E-state index in [1.165, 1.54) is 4.80 Å². The number of hydrogen-bond donors (Lipinski definition) is 2. The Morgan fingerprint density at radius 2 is 1.71 bits per heavy atom. The number of hydrogen-bond acceptors (Lipinski definition) is 6. The number of halogens is 1. The monoisotopic (exact) mass is 345 g/mol. The summed E-state index contributed by atoms with van der Waals surface area (Å²) in [5, 5.41) is 21.8. The second-order valence-electron chi connectivity index (χ2n) is 5.19. The second-order valence-corrected chi connectivity index (χ2v) is 5.63. The third kappa shape index (κ3) is 4.08. The van der Waals surface area contributed by atoms with Gasteiger partial charge in [-0.1, -0.05) is 11.6 Å². The number of aliphatic hydroxyl groups is 1. The van der Waals surface area contributed by atoms with Crippen LogP contribution in [0.2, 0.25) is 5.02 Å². The Bertz CT molecular complexity index is 789. The minimum Gasteiger partial charge on any atom is -0.457 e. The number of nitrogens with two attached hydrogens (primary N) is 1. The molecular formula is C16H16ClN5O2. The fourth-order valence-corrected chi connectivity index (χ4v) is 2.14. The largest absolute Gasteiger partial charge is 0.457 e. The Morgan fingerprint density at radius 3 is 2.33 bits per heavy atom. The van der Waals surface area contributed by atoms with Gasteiger partial charge in [0.05, 0.1) is 13.2 Å². The molecule has 8 heteroatoms. The van der Waals surface area contributed by atoms with E-state index in [9.17, 15) is 0 Å². The first-order chi connectivity index (χ1) is 11.6. The molecule has 3 aromatic rings. The van der Waals surface area contributed by atoms with Gasteiger partial charge in [-0.2, -0.15) is 4.80 Å². The standard InChI is InChI=1S/C16H16ClN5O2/c17-12-3-7-15(8-4-12)24-14-5-1-11(2-6-14)16-19-21-22(20-16)9-13(18)10-23/h1-8,13,23H,9-10,18H2. The zero-order chi connectivity index (χ0) is 16.9. The van der Waals surface area contributed by atoms with Crippen molar-refractivity contribution in [2.75, 3.05) is 6.61 Å². The van der Waals surface area contributed by atoms with E-state index in [1.54, 1.807) is 24.3 Å².